The third-order valence-electron chi connectivity index (χ3n) is 3.56. The van der Waals surface area contributed by atoms with E-state index in [2.05, 4.69) is 10.6 Å². The summed E-state index contributed by atoms with van der Waals surface area (Å²) in [6.07, 6.45) is 0. The van der Waals surface area contributed by atoms with Crippen LogP contribution in [0.15, 0.2) is 23.1 Å². The molecule has 1 fully saturated rings. The van der Waals surface area contributed by atoms with Gasteiger partial charge in [0.2, 0.25) is 10.0 Å². The standard InChI is InChI=1S/C15H22ClN3O6S/c1-23-8-9-25-11-17-15(20)18-14-10-12(2-3-13(14)16)26(21,22)19-4-6-24-7-5-19/h2-3,10H,4-9,11H2,1H3,(H2,17,18,20). The number of amides is 2. The number of rotatable bonds is 8. The van der Waals surface area contributed by atoms with E-state index in [0.717, 1.165) is 0 Å². The first kappa shape index (κ1) is 20.9. The lowest BCUT2D eigenvalue weighted by atomic mass is 10.3. The summed E-state index contributed by atoms with van der Waals surface area (Å²) in [5, 5.41) is 5.22. The molecule has 0 saturated carbocycles. The van der Waals surface area contributed by atoms with Crippen LogP contribution in [0.5, 0.6) is 0 Å². The molecule has 0 aliphatic carbocycles. The van der Waals surface area contributed by atoms with E-state index >= 15 is 0 Å². The lowest BCUT2D eigenvalue weighted by Gasteiger charge is -2.26. The van der Waals surface area contributed by atoms with E-state index in [4.69, 9.17) is 25.8 Å². The lowest BCUT2D eigenvalue weighted by molar-refractivity contribution is 0.0650. The third kappa shape index (κ3) is 5.79. The Labute approximate surface area is 157 Å². The summed E-state index contributed by atoms with van der Waals surface area (Å²) in [5.41, 5.74) is 0.190. The molecule has 0 radical (unpaired) electrons. The minimum Gasteiger partial charge on any atom is -0.382 e. The third-order valence-corrected chi connectivity index (χ3v) is 5.78. The molecule has 2 N–H and O–H groups in total. The molecular weight excluding hydrogens is 386 g/mol. The molecule has 1 heterocycles. The Morgan fingerprint density at radius 3 is 2.73 bits per heavy atom. The van der Waals surface area contributed by atoms with Gasteiger partial charge in [-0.1, -0.05) is 11.6 Å². The molecule has 1 saturated heterocycles. The van der Waals surface area contributed by atoms with Crippen molar-refractivity contribution in [3.63, 3.8) is 0 Å². The number of carbonyl (C=O) groups is 1. The quantitative estimate of drug-likeness (QED) is 0.493. The molecule has 2 amide bonds. The zero-order valence-electron chi connectivity index (χ0n) is 14.4. The average Bonchev–Trinajstić information content (AvgIpc) is 2.64. The predicted molar refractivity (Wildman–Crippen MR) is 95.9 cm³/mol. The van der Waals surface area contributed by atoms with Crippen molar-refractivity contribution in [2.24, 2.45) is 0 Å². The summed E-state index contributed by atoms with van der Waals surface area (Å²) >= 11 is 6.06. The Balaban J connectivity index is 2.01. The van der Waals surface area contributed by atoms with Gasteiger partial charge < -0.3 is 24.8 Å². The van der Waals surface area contributed by atoms with Crippen molar-refractivity contribution >= 4 is 33.3 Å². The Kier molecular flexibility index (Phi) is 8.07. The molecule has 9 nitrogen and oxygen atoms in total. The number of anilines is 1. The Hall–Kier alpha value is -1.43. The Morgan fingerprint density at radius 2 is 2.04 bits per heavy atom. The normalized spacial score (nSPS) is 15.6. The number of ether oxygens (including phenoxy) is 3. The van der Waals surface area contributed by atoms with Gasteiger partial charge in [0.1, 0.15) is 6.73 Å². The first-order valence-corrected chi connectivity index (χ1v) is 9.76. The van der Waals surface area contributed by atoms with Crippen molar-refractivity contribution in [3.8, 4) is 0 Å². The second kappa shape index (κ2) is 10.0. The van der Waals surface area contributed by atoms with Gasteiger partial charge in [0.05, 0.1) is 42.0 Å². The van der Waals surface area contributed by atoms with E-state index in [1.807, 2.05) is 0 Å². The van der Waals surface area contributed by atoms with Crippen LogP contribution in [0, 0.1) is 0 Å². The molecule has 1 aromatic carbocycles. The average molecular weight is 408 g/mol. The highest BCUT2D eigenvalue weighted by Gasteiger charge is 2.27. The van der Waals surface area contributed by atoms with Crippen molar-refractivity contribution in [2.45, 2.75) is 4.90 Å². The first-order chi connectivity index (χ1) is 12.4. The first-order valence-electron chi connectivity index (χ1n) is 7.94. The van der Waals surface area contributed by atoms with Gasteiger partial charge in [0, 0.05) is 20.2 Å². The molecule has 0 bridgehead atoms. The second-order valence-corrected chi connectivity index (χ2v) is 7.68. The molecule has 1 aliphatic heterocycles. The Bertz CT molecular complexity index is 709. The highest BCUT2D eigenvalue weighted by Crippen LogP contribution is 2.27. The van der Waals surface area contributed by atoms with Gasteiger partial charge in [-0.2, -0.15) is 4.31 Å². The fourth-order valence-corrected chi connectivity index (χ4v) is 3.79. The largest absolute Gasteiger partial charge is 0.382 e. The van der Waals surface area contributed by atoms with Crippen LogP contribution >= 0.6 is 11.6 Å². The minimum absolute atomic E-state index is 0.0153. The summed E-state index contributed by atoms with van der Waals surface area (Å²) in [5.74, 6) is 0. The molecule has 0 unspecified atom stereocenters. The number of urea groups is 1. The van der Waals surface area contributed by atoms with Crippen LogP contribution in [0.25, 0.3) is 0 Å². The number of nitrogens with one attached hydrogen (secondary N) is 2. The molecule has 26 heavy (non-hydrogen) atoms. The van der Waals surface area contributed by atoms with Crippen LogP contribution in [-0.2, 0) is 24.2 Å². The Morgan fingerprint density at radius 1 is 1.31 bits per heavy atom. The zero-order valence-corrected chi connectivity index (χ0v) is 15.9. The second-order valence-electron chi connectivity index (χ2n) is 5.33. The number of methoxy groups -OCH3 is 1. The van der Waals surface area contributed by atoms with Gasteiger partial charge in [-0.3, -0.25) is 0 Å². The van der Waals surface area contributed by atoms with Crippen molar-refractivity contribution in [3.05, 3.63) is 23.2 Å². The summed E-state index contributed by atoms with van der Waals surface area (Å²) in [6, 6.07) is 3.60. The maximum absolute atomic E-state index is 12.7. The van der Waals surface area contributed by atoms with Crippen molar-refractivity contribution in [1.82, 2.24) is 9.62 Å². The van der Waals surface area contributed by atoms with Crippen LogP contribution in [0.2, 0.25) is 5.02 Å². The van der Waals surface area contributed by atoms with E-state index in [1.165, 1.54) is 22.5 Å². The van der Waals surface area contributed by atoms with Gasteiger partial charge in [0.25, 0.3) is 0 Å². The number of nitrogens with zero attached hydrogens (tertiary/aromatic N) is 1. The highest BCUT2D eigenvalue weighted by atomic mass is 35.5. The van der Waals surface area contributed by atoms with Gasteiger partial charge in [-0.25, -0.2) is 13.2 Å². The number of hydrogen-bond acceptors (Lipinski definition) is 6. The van der Waals surface area contributed by atoms with E-state index in [9.17, 15) is 13.2 Å². The number of benzene rings is 1. The number of morpholine rings is 1. The number of hydrogen-bond donors (Lipinski definition) is 2. The monoisotopic (exact) mass is 407 g/mol. The highest BCUT2D eigenvalue weighted by molar-refractivity contribution is 7.89. The van der Waals surface area contributed by atoms with E-state index in [-0.39, 0.29) is 35.4 Å². The number of sulfonamides is 1. The lowest BCUT2D eigenvalue weighted by Crippen LogP contribution is -2.40. The smallest absolute Gasteiger partial charge is 0.321 e. The topological polar surface area (TPSA) is 106 Å². The van der Waals surface area contributed by atoms with Crippen molar-refractivity contribution in [1.29, 1.82) is 0 Å². The van der Waals surface area contributed by atoms with Crippen molar-refractivity contribution in [2.75, 3.05) is 58.7 Å². The van der Waals surface area contributed by atoms with Gasteiger partial charge in [-0.15, -0.1) is 0 Å². The predicted octanol–water partition coefficient (Wildman–Crippen LogP) is 1.10. The van der Waals surface area contributed by atoms with E-state index in [1.54, 1.807) is 7.11 Å². The number of halogens is 1. The maximum Gasteiger partial charge on any atom is 0.321 e. The number of carbonyl (C=O) groups excluding carboxylic acids is 1. The van der Waals surface area contributed by atoms with Gasteiger partial charge in [-0.05, 0) is 18.2 Å². The van der Waals surface area contributed by atoms with Crippen molar-refractivity contribution < 1.29 is 27.4 Å². The molecule has 0 aromatic heterocycles. The maximum atomic E-state index is 12.7. The van der Waals surface area contributed by atoms with Gasteiger partial charge >= 0.3 is 6.03 Å². The minimum atomic E-state index is -3.68. The van der Waals surface area contributed by atoms with Crippen LogP contribution in [0.3, 0.4) is 0 Å². The van der Waals surface area contributed by atoms with Crippen LogP contribution in [0.1, 0.15) is 0 Å². The van der Waals surface area contributed by atoms with Crippen LogP contribution < -0.4 is 10.6 Å². The van der Waals surface area contributed by atoms with E-state index in [0.29, 0.717) is 26.4 Å². The molecule has 146 valence electrons. The summed E-state index contributed by atoms with van der Waals surface area (Å²) in [7, 11) is -2.13. The molecule has 0 spiro atoms. The molecule has 1 aliphatic rings. The molecular formula is C15H22ClN3O6S. The zero-order chi connectivity index (χ0) is 19.0. The fraction of sp³-hybridized carbons (Fsp3) is 0.533. The molecule has 1 aromatic rings. The summed E-state index contributed by atoms with van der Waals surface area (Å²) in [6.45, 7) is 2.01. The SMILES string of the molecule is COCCOCNC(=O)Nc1cc(S(=O)(=O)N2CCOCC2)ccc1Cl. The molecule has 0 atom stereocenters. The van der Waals surface area contributed by atoms with Gasteiger partial charge in [0.15, 0.2) is 0 Å². The van der Waals surface area contributed by atoms with Crippen LogP contribution in [-0.4, -0.2) is 72.1 Å². The summed E-state index contributed by atoms with van der Waals surface area (Å²) < 4.78 is 41.8. The summed E-state index contributed by atoms with van der Waals surface area (Å²) in [4.78, 5) is 11.9. The molecule has 11 heteroatoms. The molecule has 2 rings (SSSR count). The van der Waals surface area contributed by atoms with E-state index < -0.39 is 16.1 Å². The fourth-order valence-electron chi connectivity index (χ4n) is 2.19. The van der Waals surface area contributed by atoms with Crippen LogP contribution in [0.4, 0.5) is 10.5 Å².